The van der Waals surface area contributed by atoms with Gasteiger partial charge in [0.05, 0.1) is 16.8 Å². The van der Waals surface area contributed by atoms with Crippen molar-refractivity contribution in [2.45, 2.75) is 13.8 Å². The monoisotopic (exact) mass is 430 g/mol. The van der Waals surface area contributed by atoms with Crippen LogP contribution in [0.25, 0.3) is 22.2 Å². The second-order valence-corrected chi connectivity index (χ2v) is 7.72. The Morgan fingerprint density at radius 2 is 1.57 bits per heavy atom. The van der Waals surface area contributed by atoms with Crippen LogP contribution in [-0.2, 0) is 0 Å². The summed E-state index contributed by atoms with van der Waals surface area (Å²) >= 11 is 3.42. The van der Waals surface area contributed by atoms with E-state index in [1.165, 1.54) is 5.56 Å². The van der Waals surface area contributed by atoms with Crippen LogP contribution in [0.5, 0.6) is 0 Å². The molecule has 0 aliphatic rings. The van der Waals surface area contributed by atoms with E-state index in [2.05, 4.69) is 52.4 Å². The van der Waals surface area contributed by atoms with Gasteiger partial charge in [0.2, 0.25) is 0 Å². The lowest BCUT2D eigenvalue weighted by atomic mass is 9.96. The fourth-order valence-electron chi connectivity index (χ4n) is 3.32. The first-order chi connectivity index (χ1) is 13.5. The zero-order chi connectivity index (χ0) is 19.7. The van der Waals surface area contributed by atoms with E-state index in [9.17, 15) is 4.79 Å². The highest BCUT2D eigenvalue weighted by molar-refractivity contribution is 9.10. The average Bonchev–Trinajstić information content (AvgIpc) is 2.70. The first-order valence-electron chi connectivity index (χ1n) is 9.06. The molecule has 0 aliphatic heterocycles. The molecule has 0 saturated carbocycles. The zero-order valence-corrected chi connectivity index (χ0v) is 17.2. The molecule has 0 spiro atoms. The molecule has 0 unspecified atom stereocenters. The number of benzene rings is 3. The van der Waals surface area contributed by atoms with Gasteiger partial charge in [-0.25, -0.2) is 4.98 Å². The van der Waals surface area contributed by atoms with Crippen LogP contribution in [0.15, 0.2) is 77.3 Å². The van der Waals surface area contributed by atoms with Gasteiger partial charge in [0.25, 0.3) is 5.91 Å². The van der Waals surface area contributed by atoms with Crippen LogP contribution in [0, 0.1) is 13.8 Å². The minimum absolute atomic E-state index is 0.133. The number of carbonyl (C=O) groups is 1. The second kappa shape index (κ2) is 7.56. The molecule has 3 aromatic carbocycles. The van der Waals surface area contributed by atoms with Crippen LogP contribution >= 0.6 is 15.9 Å². The number of amides is 1. The molecule has 0 fully saturated rings. The quantitative estimate of drug-likeness (QED) is 0.401. The zero-order valence-electron chi connectivity index (χ0n) is 15.7. The number of aryl methyl sites for hydroxylation is 1. The van der Waals surface area contributed by atoms with E-state index < -0.39 is 0 Å². The van der Waals surface area contributed by atoms with Gasteiger partial charge >= 0.3 is 0 Å². The Balaban J connectivity index is 1.86. The molecule has 4 heteroatoms. The number of nitrogens with zero attached hydrogens (tertiary/aromatic N) is 1. The van der Waals surface area contributed by atoms with Crippen LogP contribution in [-0.4, -0.2) is 10.9 Å². The summed E-state index contributed by atoms with van der Waals surface area (Å²) in [4.78, 5) is 18.1. The van der Waals surface area contributed by atoms with Crippen LogP contribution in [0.4, 0.5) is 5.69 Å². The minimum atomic E-state index is -0.133. The van der Waals surface area contributed by atoms with Gasteiger partial charge in [0, 0.05) is 21.1 Å². The predicted molar refractivity (Wildman–Crippen MR) is 119 cm³/mol. The van der Waals surface area contributed by atoms with Crippen LogP contribution in [0.2, 0.25) is 0 Å². The normalized spacial score (nSPS) is 10.8. The predicted octanol–water partition coefficient (Wildman–Crippen LogP) is 6.53. The summed E-state index contributed by atoms with van der Waals surface area (Å²) in [6.07, 6.45) is 0. The average molecular weight is 431 g/mol. The molecule has 0 saturated heterocycles. The third kappa shape index (κ3) is 3.56. The molecule has 1 aromatic heterocycles. The maximum Gasteiger partial charge on any atom is 0.256 e. The lowest BCUT2D eigenvalue weighted by Crippen LogP contribution is -2.15. The van der Waals surface area contributed by atoms with E-state index in [0.717, 1.165) is 37.9 Å². The number of halogens is 1. The molecule has 3 nitrogen and oxygen atoms in total. The number of nitrogens with one attached hydrogen (secondary N) is 1. The number of fused-ring (bicyclic) bond motifs is 1. The van der Waals surface area contributed by atoms with Crippen molar-refractivity contribution in [3.63, 3.8) is 0 Å². The summed E-state index contributed by atoms with van der Waals surface area (Å²) in [6, 6.07) is 23.6. The maximum atomic E-state index is 13.2. The van der Waals surface area contributed by atoms with Crippen molar-refractivity contribution in [1.29, 1.82) is 0 Å². The molecular formula is C24H19BrN2O. The molecule has 4 aromatic rings. The topological polar surface area (TPSA) is 42.0 Å². The van der Waals surface area contributed by atoms with E-state index in [0.29, 0.717) is 5.56 Å². The van der Waals surface area contributed by atoms with Gasteiger partial charge < -0.3 is 5.32 Å². The second-order valence-electron chi connectivity index (χ2n) is 6.80. The summed E-state index contributed by atoms with van der Waals surface area (Å²) in [7, 11) is 0. The molecule has 28 heavy (non-hydrogen) atoms. The number of carbonyl (C=O) groups excluding carboxylic acids is 1. The Kier molecular flexibility index (Phi) is 4.97. The molecule has 0 radical (unpaired) electrons. The van der Waals surface area contributed by atoms with E-state index >= 15 is 0 Å². The van der Waals surface area contributed by atoms with Gasteiger partial charge in [-0.1, -0.05) is 64.0 Å². The van der Waals surface area contributed by atoms with Crippen LogP contribution in [0.3, 0.4) is 0 Å². The number of anilines is 1. The highest BCUT2D eigenvalue weighted by Crippen LogP contribution is 2.30. The summed E-state index contributed by atoms with van der Waals surface area (Å²) in [6.45, 7) is 4.02. The number of rotatable bonds is 3. The van der Waals surface area contributed by atoms with Crippen molar-refractivity contribution in [2.75, 3.05) is 5.32 Å². The molecule has 0 bridgehead atoms. The molecule has 0 atom stereocenters. The number of aromatic nitrogens is 1. The summed E-state index contributed by atoms with van der Waals surface area (Å²) in [5.41, 5.74) is 6.12. The van der Waals surface area contributed by atoms with Crippen molar-refractivity contribution in [3.8, 4) is 11.3 Å². The van der Waals surface area contributed by atoms with E-state index in [1.54, 1.807) is 0 Å². The summed E-state index contributed by atoms with van der Waals surface area (Å²) < 4.78 is 0.970. The number of para-hydroxylation sites is 1. The first-order valence-corrected chi connectivity index (χ1v) is 9.85. The van der Waals surface area contributed by atoms with Crippen molar-refractivity contribution >= 4 is 38.4 Å². The van der Waals surface area contributed by atoms with Crippen molar-refractivity contribution in [2.24, 2.45) is 0 Å². The summed E-state index contributed by atoms with van der Waals surface area (Å²) in [5, 5.41) is 3.87. The Morgan fingerprint density at radius 3 is 2.29 bits per heavy atom. The highest BCUT2D eigenvalue weighted by atomic mass is 79.9. The fraction of sp³-hybridized carbons (Fsp3) is 0.0833. The minimum Gasteiger partial charge on any atom is -0.322 e. The lowest BCUT2D eigenvalue weighted by molar-refractivity contribution is 0.102. The molecule has 4 rings (SSSR count). The number of hydrogen-bond acceptors (Lipinski definition) is 2. The van der Waals surface area contributed by atoms with Gasteiger partial charge in [0.1, 0.15) is 0 Å². The lowest BCUT2D eigenvalue weighted by Gasteiger charge is -2.15. The largest absolute Gasteiger partial charge is 0.322 e. The maximum absolute atomic E-state index is 13.2. The molecule has 1 amide bonds. The Hall–Kier alpha value is -2.98. The number of hydrogen-bond donors (Lipinski definition) is 1. The van der Waals surface area contributed by atoms with Gasteiger partial charge in [-0.15, -0.1) is 0 Å². The molecule has 138 valence electrons. The molecule has 1 N–H and O–H groups in total. The SMILES string of the molecule is Cc1ccc(-c2nc3ccccc3c(C(=O)Nc3ccc(Br)cc3)c2C)cc1. The van der Waals surface area contributed by atoms with Crippen molar-refractivity contribution in [3.05, 3.63) is 94.0 Å². The van der Waals surface area contributed by atoms with Gasteiger partial charge in [-0.2, -0.15) is 0 Å². The standard InChI is InChI=1S/C24H19BrN2O/c1-15-7-9-17(10-8-15)23-16(2)22(20-5-3-4-6-21(20)27-23)24(28)26-19-13-11-18(25)12-14-19/h3-14H,1-2H3,(H,26,28). The Morgan fingerprint density at radius 1 is 0.893 bits per heavy atom. The Labute approximate surface area is 172 Å². The smallest absolute Gasteiger partial charge is 0.256 e. The van der Waals surface area contributed by atoms with Crippen molar-refractivity contribution < 1.29 is 4.79 Å². The van der Waals surface area contributed by atoms with Crippen LogP contribution < -0.4 is 5.32 Å². The molecule has 1 heterocycles. The van der Waals surface area contributed by atoms with Gasteiger partial charge in [-0.3, -0.25) is 4.79 Å². The van der Waals surface area contributed by atoms with E-state index in [1.807, 2.05) is 55.5 Å². The third-order valence-electron chi connectivity index (χ3n) is 4.79. The molecular weight excluding hydrogens is 412 g/mol. The van der Waals surface area contributed by atoms with E-state index in [-0.39, 0.29) is 5.91 Å². The van der Waals surface area contributed by atoms with Gasteiger partial charge in [0.15, 0.2) is 0 Å². The van der Waals surface area contributed by atoms with Crippen molar-refractivity contribution in [1.82, 2.24) is 4.98 Å². The molecule has 0 aliphatic carbocycles. The van der Waals surface area contributed by atoms with Crippen LogP contribution in [0.1, 0.15) is 21.5 Å². The van der Waals surface area contributed by atoms with Gasteiger partial charge in [-0.05, 0) is 49.7 Å². The van der Waals surface area contributed by atoms with E-state index in [4.69, 9.17) is 4.98 Å². The summed E-state index contributed by atoms with van der Waals surface area (Å²) in [5.74, 6) is -0.133. The number of pyridine rings is 1. The highest BCUT2D eigenvalue weighted by Gasteiger charge is 2.19. The Bertz CT molecular complexity index is 1170. The first kappa shape index (κ1) is 18.4. The third-order valence-corrected chi connectivity index (χ3v) is 5.32. The fourth-order valence-corrected chi connectivity index (χ4v) is 3.58.